The van der Waals surface area contributed by atoms with Gasteiger partial charge in [-0.2, -0.15) is 0 Å². The number of anilines is 2. The van der Waals surface area contributed by atoms with Gasteiger partial charge in [0.15, 0.2) is 11.5 Å². The fourth-order valence-corrected chi connectivity index (χ4v) is 3.61. The maximum atomic E-state index is 12.5. The van der Waals surface area contributed by atoms with E-state index in [2.05, 4.69) is 29.3 Å². The van der Waals surface area contributed by atoms with E-state index in [-0.39, 0.29) is 5.91 Å². The predicted octanol–water partition coefficient (Wildman–Crippen LogP) is 4.09. The molecule has 0 spiro atoms. The van der Waals surface area contributed by atoms with Gasteiger partial charge in [0, 0.05) is 29.5 Å². The second kappa shape index (κ2) is 7.28. The van der Waals surface area contributed by atoms with E-state index in [9.17, 15) is 4.79 Å². The van der Waals surface area contributed by atoms with E-state index in [4.69, 9.17) is 9.47 Å². The van der Waals surface area contributed by atoms with E-state index in [0.717, 1.165) is 12.2 Å². The molecule has 2 aromatic carbocycles. The summed E-state index contributed by atoms with van der Waals surface area (Å²) in [6, 6.07) is 13.9. The van der Waals surface area contributed by atoms with Crippen LogP contribution in [0.15, 0.2) is 42.5 Å². The Hall–Kier alpha value is -2.69. The second-order valence-corrected chi connectivity index (χ2v) is 6.90. The van der Waals surface area contributed by atoms with Gasteiger partial charge in [0.25, 0.3) is 5.91 Å². The lowest BCUT2D eigenvalue weighted by Gasteiger charge is -2.35. The molecule has 5 heteroatoms. The van der Waals surface area contributed by atoms with Gasteiger partial charge in [-0.15, -0.1) is 0 Å². The first-order valence-electron chi connectivity index (χ1n) is 9.28. The number of piperidine rings is 1. The summed E-state index contributed by atoms with van der Waals surface area (Å²) in [5, 5.41) is 2.95. The number of nitrogens with zero attached hydrogens (tertiary/aromatic N) is 1. The van der Waals surface area contributed by atoms with Crippen LogP contribution in [0.5, 0.6) is 11.5 Å². The van der Waals surface area contributed by atoms with Crippen LogP contribution in [-0.2, 0) is 0 Å². The van der Waals surface area contributed by atoms with Crippen molar-refractivity contribution in [2.45, 2.75) is 32.2 Å². The molecule has 4 rings (SSSR count). The van der Waals surface area contributed by atoms with Gasteiger partial charge < -0.3 is 19.7 Å². The summed E-state index contributed by atoms with van der Waals surface area (Å²) in [5.74, 6) is 1.16. The average Bonchev–Trinajstić information content (AvgIpc) is 2.69. The minimum Gasteiger partial charge on any atom is -0.486 e. The van der Waals surface area contributed by atoms with Crippen LogP contribution in [0.2, 0.25) is 0 Å². The highest BCUT2D eigenvalue weighted by Crippen LogP contribution is 2.31. The van der Waals surface area contributed by atoms with E-state index in [1.165, 1.54) is 24.9 Å². The van der Waals surface area contributed by atoms with Crippen molar-refractivity contribution in [3.8, 4) is 11.5 Å². The number of nitrogens with one attached hydrogen (secondary N) is 1. The van der Waals surface area contributed by atoms with Gasteiger partial charge in [-0.1, -0.05) is 0 Å². The zero-order valence-corrected chi connectivity index (χ0v) is 15.0. The molecule has 1 saturated heterocycles. The lowest BCUT2D eigenvalue weighted by molar-refractivity contribution is 0.102. The summed E-state index contributed by atoms with van der Waals surface area (Å²) in [7, 11) is 0. The third kappa shape index (κ3) is 3.47. The molecule has 2 aliphatic rings. The Morgan fingerprint density at radius 1 is 1.04 bits per heavy atom. The molecule has 136 valence electrons. The Labute approximate surface area is 153 Å². The monoisotopic (exact) mass is 352 g/mol. The zero-order valence-electron chi connectivity index (χ0n) is 15.0. The van der Waals surface area contributed by atoms with Gasteiger partial charge in [-0.05, 0) is 68.7 Å². The van der Waals surface area contributed by atoms with Crippen LogP contribution in [0, 0.1) is 0 Å². The summed E-state index contributed by atoms with van der Waals surface area (Å²) in [6.07, 6.45) is 3.79. The highest BCUT2D eigenvalue weighted by atomic mass is 16.6. The predicted molar refractivity (Wildman–Crippen MR) is 102 cm³/mol. The van der Waals surface area contributed by atoms with E-state index < -0.39 is 0 Å². The number of fused-ring (bicyclic) bond motifs is 1. The van der Waals surface area contributed by atoms with Crippen LogP contribution in [0.4, 0.5) is 11.4 Å². The number of hydrogen-bond donors (Lipinski definition) is 1. The van der Waals surface area contributed by atoms with E-state index in [1.54, 1.807) is 18.2 Å². The van der Waals surface area contributed by atoms with Crippen molar-refractivity contribution in [3.05, 3.63) is 48.0 Å². The first kappa shape index (κ1) is 16.8. The van der Waals surface area contributed by atoms with Crippen molar-refractivity contribution in [2.24, 2.45) is 0 Å². The molecule has 5 nitrogen and oxygen atoms in total. The maximum Gasteiger partial charge on any atom is 0.255 e. The van der Waals surface area contributed by atoms with Crippen molar-refractivity contribution in [1.29, 1.82) is 0 Å². The van der Waals surface area contributed by atoms with Crippen LogP contribution in [0.3, 0.4) is 0 Å². The Balaban J connectivity index is 1.44. The van der Waals surface area contributed by atoms with Crippen LogP contribution < -0.4 is 19.7 Å². The molecule has 1 N–H and O–H groups in total. The van der Waals surface area contributed by atoms with Crippen LogP contribution >= 0.6 is 0 Å². The number of benzene rings is 2. The highest BCUT2D eigenvalue weighted by molar-refractivity contribution is 6.04. The Morgan fingerprint density at radius 3 is 2.58 bits per heavy atom. The largest absolute Gasteiger partial charge is 0.486 e. The number of rotatable bonds is 3. The van der Waals surface area contributed by atoms with Crippen LogP contribution in [0.25, 0.3) is 0 Å². The minimum atomic E-state index is -0.152. The third-order valence-electron chi connectivity index (χ3n) is 5.06. The molecule has 0 radical (unpaired) electrons. The van der Waals surface area contributed by atoms with Gasteiger partial charge in [-0.25, -0.2) is 0 Å². The molecule has 2 aromatic rings. The van der Waals surface area contributed by atoms with Gasteiger partial charge in [-0.3, -0.25) is 4.79 Å². The Bertz CT molecular complexity index is 788. The molecule has 26 heavy (non-hydrogen) atoms. The van der Waals surface area contributed by atoms with Gasteiger partial charge >= 0.3 is 0 Å². The minimum absolute atomic E-state index is 0.152. The molecule has 1 atom stereocenters. The van der Waals surface area contributed by atoms with Gasteiger partial charge in [0.1, 0.15) is 13.2 Å². The smallest absolute Gasteiger partial charge is 0.255 e. The molecule has 1 fully saturated rings. The van der Waals surface area contributed by atoms with Crippen molar-refractivity contribution >= 4 is 17.3 Å². The van der Waals surface area contributed by atoms with Gasteiger partial charge in [0.2, 0.25) is 0 Å². The second-order valence-electron chi connectivity index (χ2n) is 6.90. The third-order valence-corrected chi connectivity index (χ3v) is 5.06. The maximum absolute atomic E-state index is 12.5. The molecule has 2 aliphatic heterocycles. The van der Waals surface area contributed by atoms with E-state index in [1.807, 2.05) is 12.1 Å². The van der Waals surface area contributed by atoms with E-state index in [0.29, 0.717) is 36.3 Å². The lowest BCUT2D eigenvalue weighted by Crippen LogP contribution is -2.37. The molecular formula is C21H24N2O3. The number of carbonyl (C=O) groups excluding carboxylic acids is 1. The summed E-state index contributed by atoms with van der Waals surface area (Å²) >= 11 is 0. The molecule has 0 bridgehead atoms. The SMILES string of the molecule is CC1CCCCN1c1ccc(NC(=O)c2ccc3c(c2)OCCO3)cc1. The first-order valence-corrected chi connectivity index (χ1v) is 9.28. The molecule has 0 aliphatic carbocycles. The molecular weight excluding hydrogens is 328 g/mol. The van der Waals surface area contributed by atoms with Crippen LogP contribution in [-0.4, -0.2) is 31.7 Å². The van der Waals surface area contributed by atoms with Crippen molar-refractivity contribution < 1.29 is 14.3 Å². The molecule has 0 aromatic heterocycles. The quantitative estimate of drug-likeness (QED) is 0.904. The summed E-state index contributed by atoms with van der Waals surface area (Å²) in [5.41, 5.74) is 2.57. The van der Waals surface area contributed by atoms with Crippen molar-refractivity contribution in [3.63, 3.8) is 0 Å². The topological polar surface area (TPSA) is 50.8 Å². The molecule has 0 saturated carbocycles. The Kier molecular flexibility index (Phi) is 4.69. The fraction of sp³-hybridized carbons (Fsp3) is 0.381. The molecule has 1 amide bonds. The zero-order chi connectivity index (χ0) is 17.9. The number of amides is 1. The van der Waals surface area contributed by atoms with Crippen molar-refractivity contribution in [1.82, 2.24) is 0 Å². The number of ether oxygens (including phenoxy) is 2. The fourth-order valence-electron chi connectivity index (χ4n) is 3.61. The average molecular weight is 352 g/mol. The number of hydrogen-bond acceptors (Lipinski definition) is 4. The standard InChI is InChI=1S/C21H24N2O3/c1-15-4-2-3-11-23(15)18-8-6-17(7-9-18)22-21(24)16-5-10-19-20(14-16)26-13-12-25-19/h5-10,14-15H,2-4,11-13H2,1H3,(H,22,24). The first-order chi connectivity index (χ1) is 12.7. The summed E-state index contributed by atoms with van der Waals surface area (Å²) in [6.45, 7) is 4.43. The van der Waals surface area contributed by atoms with Gasteiger partial charge in [0.05, 0.1) is 0 Å². The van der Waals surface area contributed by atoms with E-state index >= 15 is 0 Å². The summed E-state index contributed by atoms with van der Waals surface area (Å²) < 4.78 is 11.0. The highest BCUT2D eigenvalue weighted by Gasteiger charge is 2.19. The normalized spacial score (nSPS) is 19.1. The number of carbonyl (C=O) groups is 1. The lowest BCUT2D eigenvalue weighted by atomic mass is 10.0. The molecule has 1 unspecified atom stereocenters. The van der Waals surface area contributed by atoms with Crippen molar-refractivity contribution in [2.75, 3.05) is 30.0 Å². The van der Waals surface area contributed by atoms with Crippen LogP contribution in [0.1, 0.15) is 36.5 Å². The molecule has 2 heterocycles. The summed E-state index contributed by atoms with van der Waals surface area (Å²) in [4.78, 5) is 15.0. The Morgan fingerprint density at radius 2 is 1.81 bits per heavy atom.